The van der Waals surface area contributed by atoms with Crippen LogP contribution in [0.5, 0.6) is 0 Å². The molecule has 19 heavy (non-hydrogen) atoms. The van der Waals surface area contributed by atoms with Crippen LogP contribution in [0.4, 0.5) is 5.69 Å². The summed E-state index contributed by atoms with van der Waals surface area (Å²) < 4.78 is 0. The van der Waals surface area contributed by atoms with Crippen molar-refractivity contribution < 1.29 is 9.72 Å². The summed E-state index contributed by atoms with van der Waals surface area (Å²) in [5.41, 5.74) is 0.0405. The molecule has 0 saturated heterocycles. The molecule has 0 bridgehead atoms. The van der Waals surface area contributed by atoms with Crippen molar-refractivity contribution in [1.29, 1.82) is 0 Å². The van der Waals surface area contributed by atoms with Crippen molar-refractivity contribution in [1.82, 2.24) is 20.8 Å². The number of H-pyrrole nitrogens is 1. The van der Waals surface area contributed by atoms with Crippen LogP contribution in [0.25, 0.3) is 0 Å². The predicted octanol–water partition coefficient (Wildman–Crippen LogP) is 0.610. The van der Waals surface area contributed by atoms with Crippen LogP contribution in [-0.4, -0.2) is 41.2 Å². The van der Waals surface area contributed by atoms with Gasteiger partial charge in [0.2, 0.25) is 5.69 Å². The lowest BCUT2D eigenvalue weighted by Crippen LogP contribution is -2.27. The van der Waals surface area contributed by atoms with E-state index < -0.39 is 10.8 Å². The van der Waals surface area contributed by atoms with E-state index in [2.05, 4.69) is 20.8 Å². The van der Waals surface area contributed by atoms with Gasteiger partial charge in [0.05, 0.1) is 4.92 Å². The monoisotopic (exact) mass is 269 g/mol. The Kier molecular flexibility index (Phi) is 5.94. The number of hydrogen-bond donors (Lipinski definition) is 3. The van der Waals surface area contributed by atoms with Crippen molar-refractivity contribution in [3.05, 3.63) is 21.5 Å². The summed E-state index contributed by atoms with van der Waals surface area (Å²) in [5.74, 6) is -0.513. The van der Waals surface area contributed by atoms with Gasteiger partial charge in [0, 0.05) is 6.54 Å². The number of hydrogen-bond acceptors (Lipinski definition) is 5. The quantitative estimate of drug-likeness (QED) is 0.363. The van der Waals surface area contributed by atoms with Crippen LogP contribution in [-0.2, 0) is 6.42 Å². The van der Waals surface area contributed by atoms with E-state index in [4.69, 9.17) is 0 Å². The van der Waals surface area contributed by atoms with E-state index in [1.165, 1.54) is 0 Å². The van der Waals surface area contributed by atoms with Crippen molar-refractivity contribution in [3.8, 4) is 0 Å². The molecular weight excluding hydrogens is 250 g/mol. The second-order valence-electron chi connectivity index (χ2n) is 4.12. The van der Waals surface area contributed by atoms with E-state index in [0.29, 0.717) is 18.7 Å². The predicted molar refractivity (Wildman–Crippen MR) is 70.1 cm³/mol. The largest absolute Gasteiger partial charge is 0.350 e. The minimum absolute atomic E-state index is 0.141. The molecule has 0 unspecified atom stereocenters. The summed E-state index contributed by atoms with van der Waals surface area (Å²) in [6.07, 6.45) is 1.99. The van der Waals surface area contributed by atoms with E-state index >= 15 is 0 Å². The van der Waals surface area contributed by atoms with E-state index in [-0.39, 0.29) is 11.4 Å². The van der Waals surface area contributed by atoms with Gasteiger partial charge < -0.3 is 10.6 Å². The third kappa shape index (κ3) is 4.02. The van der Waals surface area contributed by atoms with E-state index in [9.17, 15) is 14.9 Å². The molecule has 1 aromatic heterocycles. The van der Waals surface area contributed by atoms with Gasteiger partial charge >= 0.3 is 5.69 Å². The van der Waals surface area contributed by atoms with Crippen LogP contribution in [0.1, 0.15) is 35.9 Å². The molecule has 0 aromatic carbocycles. The van der Waals surface area contributed by atoms with Gasteiger partial charge in [-0.1, -0.05) is 13.3 Å². The lowest BCUT2D eigenvalue weighted by molar-refractivity contribution is -0.385. The Hall–Kier alpha value is -1.96. The molecule has 3 N–H and O–H groups in total. The second-order valence-corrected chi connectivity index (χ2v) is 4.12. The number of amides is 1. The first-order chi connectivity index (χ1) is 9.11. The zero-order valence-electron chi connectivity index (χ0n) is 11.2. The van der Waals surface area contributed by atoms with Crippen molar-refractivity contribution in [2.45, 2.75) is 26.2 Å². The fraction of sp³-hybridized carbons (Fsp3) is 0.636. The second kappa shape index (κ2) is 7.47. The van der Waals surface area contributed by atoms with Crippen molar-refractivity contribution in [3.63, 3.8) is 0 Å². The number of nitrogens with one attached hydrogen (secondary N) is 3. The smallest absolute Gasteiger partial charge is 0.322 e. The zero-order chi connectivity index (χ0) is 14.3. The topological polar surface area (TPSA) is 113 Å². The molecule has 0 aliphatic rings. The number of aromatic nitrogens is 2. The van der Waals surface area contributed by atoms with Gasteiger partial charge in [0.1, 0.15) is 5.69 Å². The highest BCUT2D eigenvalue weighted by Gasteiger charge is 2.28. The molecule has 0 radical (unpaired) electrons. The van der Waals surface area contributed by atoms with Gasteiger partial charge in [-0.15, -0.1) is 0 Å². The van der Waals surface area contributed by atoms with Crippen LogP contribution in [0.3, 0.4) is 0 Å². The number of nitrogens with zero attached hydrogens (tertiary/aromatic N) is 2. The molecule has 0 aliphatic heterocycles. The fourth-order valence-corrected chi connectivity index (χ4v) is 1.70. The Labute approximate surface area is 111 Å². The van der Waals surface area contributed by atoms with Gasteiger partial charge in [0.15, 0.2) is 0 Å². The Morgan fingerprint density at radius 2 is 2.21 bits per heavy atom. The molecule has 1 amide bonds. The van der Waals surface area contributed by atoms with E-state index in [0.717, 1.165) is 19.4 Å². The standard InChI is InChI=1S/C11H19N5O3/c1-3-5-8-10(16(18)19)9(15-14-8)11(17)13-7-4-6-12-2/h12H,3-7H2,1-2H3,(H,13,17)(H,14,15). The normalized spacial score (nSPS) is 10.4. The SMILES string of the molecule is CCCc1[nH]nc(C(=O)NCCCNC)c1[N+](=O)[O-]. The molecular formula is C11H19N5O3. The van der Waals surface area contributed by atoms with Crippen LogP contribution >= 0.6 is 0 Å². The summed E-state index contributed by atoms with van der Waals surface area (Å²) in [6, 6.07) is 0. The van der Waals surface area contributed by atoms with Crippen LogP contribution in [0.2, 0.25) is 0 Å². The van der Waals surface area contributed by atoms with Crippen LogP contribution < -0.4 is 10.6 Å². The first-order valence-electron chi connectivity index (χ1n) is 6.26. The molecule has 0 saturated carbocycles. The lowest BCUT2D eigenvalue weighted by Gasteiger charge is -2.02. The summed E-state index contributed by atoms with van der Waals surface area (Å²) in [4.78, 5) is 22.3. The van der Waals surface area contributed by atoms with Crippen molar-refractivity contribution >= 4 is 11.6 Å². The minimum atomic E-state index is -0.559. The van der Waals surface area contributed by atoms with Crippen LogP contribution in [0.15, 0.2) is 0 Å². The highest BCUT2D eigenvalue weighted by molar-refractivity contribution is 5.96. The molecule has 1 aromatic rings. The van der Waals surface area contributed by atoms with E-state index in [1.54, 1.807) is 0 Å². The van der Waals surface area contributed by atoms with Crippen molar-refractivity contribution in [2.24, 2.45) is 0 Å². The molecule has 8 heteroatoms. The van der Waals surface area contributed by atoms with Gasteiger partial charge in [-0.2, -0.15) is 5.10 Å². The fourth-order valence-electron chi connectivity index (χ4n) is 1.70. The summed E-state index contributed by atoms with van der Waals surface area (Å²) >= 11 is 0. The van der Waals surface area contributed by atoms with Crippen molar-refractivity contribution in [2.75, 3.05) is 20.1 Å². The maximum Gasteiger partial charge on any atom is 0.322 e. The highest BCUT2D eigenvalue weighted by Crippen LogP contribution is 2.22. The number of aryl methyl sites for hydroxylation is 1. The number of carbonyl (C=O) groups excluding carboxylic acids is 1. The minimum Gasteiger partial charge on any atom is -0.350 e. The lowest BCUT2D eigenvalue weighted by atomic mass is 10.2. The average molecular weight is 269 g/mol. The van der Waals surface area contributed by atoms with Crippen LogP contribution in [0, 0.1) is 10.1 Å². The first kappa shape index (κ1) is 15.1. The van der Waals surface area contributed by atoms with Gasteiger partial charge in [0.25, 0.3) is 5.91 Å². The maximum atomic E-state index is 11.8. The molecule has 0 atom stereocenters. The third-order valence-electron chi connectivity index (χ3n) is 2.60. The molecule has 0 fully saturated rings. The molecule has 1 rings (SSSR count). The molecule has 0 aliphatic carbocycles. The number of aromatic amines is 1. The van der Waals surface area contributed by atoms with Gasteiger partial charge in [-0.05, 0) is 26.4 Å². The highest BCUT2D eigenvalue weighted by atomic mass is 16.6. The summed E-state index contributed by atoms with van der Waals surface area (Å²) in [7, 11) is 1.82. The number of carbonyl (C=O) groups is 1. The number of nitro groups is 1. The molecule has 106 valence electrons. The Bertz CT molecular complexity index is 444. The number of rotatable bonds is 8. The summed E-state index contributed by atoms with van der Waals surface area (Å²) in [5, 5.41) is 22.9. The third-order valence-corrected chi connectivity index (χ3v) is 2.60. The summed E-state index contributed by atoms with van der Waals surface area (Å²) in [6.45, 7) is 3.12. The zero-order valence-corrected chi connectivity index (χ0v) is 11.2. The van der Waals surface area contributed by atoms with E-state index in [1.807, 2.05) is 14.0 Å². The maximum absolute atomic E-state index is 11.8. The average Bonchev–Trinajstić information content (AvgIpc) is 2.79. The molecule has 8 nitrogen and oxygen atoms in total. The first-order valence-corrected chi connectivity index (χ1v) is 6.26. The Morgan fingerprint density at radius 1 is 1.47 bits per heavy atom. The Morgan fingerprint density at radius 3 is 2.79 bits per heavy atom. The van der Waals surface area contributed by atoms with Gasteiger partial charge in [-0.25, -0.2) is 0 Å². The molecule has 0 spiro atoms. The molecule has 1 heterocycles. The van der Waals surface area contributed by atoms with Gasteiger partial charge in [-0.3, -0.25) is 20.0 Å². The Balaban J connectivity index is 2.76.